The second-order valence-electron chi connectivity index (χ2n) is 6.75. The van der Waals surface area contributed by atoms with Crippen molar-refractivity contribution in [2.75, 3.05) is 24.7 Å². The number of benzene rings is 1. The number of nitrogen functional groups attached to an aromatic ring is 1. The van der Waals surface area contributed by atoms with Gasteiger partial charge in [0.05, 0.1) is 21.2 Å². The number of fused-ring (bicyclic) bond motifs is 1. The molecule has 0 bridgehead atoms. The van der Waals surface area contributed by atoms with Gasteiger partial charge in [0.2, 0.25) is 21.9 Å². The molecule has 12 heteroatoms. The molecule has 10 nitrogen and oxygen atoms in total. The molecule has 0 fully saturated rings. The molecule has 156 valence electrons. The van der Waals surface area contributed by atoms with Crippen molar-refractivity contribution in [3.63, 3.8) is 0 Å². The van der Waals surface area contributed by atoms with Gasteiger partial charge in [0, 0.05) is 20.6 Å². The Bertz CT molecular complexity index is 1140. The van der Waals surface area contributed by atoms with E-state index < -0.39 is 10.0 Å². The number of hydrogen-bond donors (Lipinski definition) is 2. The molecule has 0 radical (unpaired) electrons. The first-order chi connectivity index (χ1) is 13.6. The van der Waals surface area contributed by atoms with E-state index in [9.17, 15) is 8.42 Å². The van der Waals surface area contributed by atoms with Gasteiger partial charge in [0.15, 0.2) is 5.16 Å². The number of sulfonamides is 1. The topological polar surface area (TPSA) is 146 Å². The minimum absolute atomic E-state index is 0.0385. The van der Waals surface area contributed by atoms with Crippen molar-refractivity contribution in [2.24, 2.45) is 5.14 Å². The average Bonchev–Trinajstić information content (AvgIpc) is 2.97. The molecule has 29 heavy (non-hydrogen) atoms. The fraction of sp³-hybridized carbons (Fsp3) is 0.412. The van der Waals surface area contributed by atoms with Gasteiger partial charge in [0.25, 0.3) is 0 Å². The third-order valence-electron chi connectivity index (χ3n) is 4.16. The van der Waals surface area contributed by atoms with Crippen LogP contribution in [0.25, 0.3) is 11.0 Å². The lowest BCUT2D eigenvalue weighted by Gasteiger charge is -2.15. The van der Waals surface area contributed by atoms with E-state index in [0.29, 0.717) is 17.3 Å². The first-order valence-corrected chi connectivity index (χ1v) is 11.4. The van der Waals surface area contributed by atoms with Gasteiger partial charge in [-0.1, -0.05) is 18.7 Å². The van der Waals surface area contributed by atoms with E-state index in [1.807, 2.05) is 21.0 Å². The Morgan fingerprint density at radius 1 is 1.21 bits per heavy atom. The van der Waals surface area contributed by atoms with E-state index in [2.05, 4.69) is 31.4 Å². The number of aryl methyl sites for hydroxylation is 1. The highest BCUT2D eigenvalue weighted by atomic mass is 32.2. The van der Waals surface area contributed by atoms with Gasteiger partial charge in [-0.25, -0.2) is 18.5 Å². The zero-order valence-electron chi connectivity index (χ0n) is 16.7. The summed E-state index contributed by atoms with van der Waals surface area (Å²) in [6, 6.07) is 4.73. The van der Waals surface area contributed by atoms with Gasteiger partial charge >= 0.3 is 0 Å². The summed E-state index contributed by atoms with van der Waals surface area (Å²) in [7, 11) is -0.129. The van der Waals surface area contributed by atoms with Crippen molar-refractivity contribution < 1.29 is 8.42 Å². The summed E-state index contributed by atoms with van der Waals surface area (Å²) >= 11 is 1.48. The Morgan fingerprint density at radius 2 is 1.93 bits per heavy atom. The number of primary sulfonamides is 1. The van der Waals surface area contributed by atoms with Crippen LogP contribution in [0, 0.1) is 0 Å². The highest BCUT2D eigenvalue weighted by Gasteiger charge is 2.20. The van der Waals surface area contributed by atoms with Gasteiger partial charge in [-0.15, -0.1) is 0 Å². The van der Waals surface area contributed by atoms with Crippen LogP contribution >= 0.6 is 11.8 Å². The molecule has 3 rings (SSSR count). The summed E-state index contributed by atoms with van der Waals surface area (Å²) in [5, 5.41) is 5.85. The summed E-state index contributed by atoms with van der Waals surface area (Å²) in [5.41, 5.74) is 7.26. The Labute approximate surface area is 173 Å². The molecule has 0 spiro atoms. The average molecular weight is 437 g/mol. The predicted molar refractivity (Wildman–Crippen MR) is 114 cm³/mol. The summed E-state index contributed by atoms with van der Waals surface area (Å²) < 4.78 is 25.4. The zero-order valence-corrected chi connectivity index (χ0v) is 18.3. The molecule has 0 amide bonds. The SMILES string of the molecule is CCCn1c(SC(C)c2nc(N)nc(N(C)C)n2)nc2cc(S(N)(=O)=O)ccc21. The molecule has 1 unspecified atom stereocenters. The molecule has 1 atom stereocenters. The molecule has 3 aromatic rings. The van der Waals surface area contributed by atoms with Gasteiger partial charge in [0.1, 0.15) is 5.82 Å². The molecule has 0 saturated heterocycles. The van der Waals surface area contributed by atoms with Crippen molar-refractivity contribution >= 4 is 44.7 Å². The lowest BCUT2D eigenvalue weighted by molar-refractivity contribution is 0.598. The van der Waals surface area contributed by atoms with Crippen LogP contribution in [0.15, 0.2) is 28.3 Å². The molecule has 4 N–H and O–H groups in total. The predicted octanol–water partition coefficient (Wildman–Crippen LogP) is 1.78. The number of anilines is 2. The molecular weight excluding hydrogens is 412 g/mol. The third kappa shape index (κ3) is 4.60. The fourth-order valence-corrected chi connectivity index (χ4v) is 4.31. The number of nitrogens with two attached hydrogens (primary N) is 2. The molecule has 1 aromatic carbocycles. The number of rotatable bonds is 7. The molecular formula is C17H24N8O2S2. The Morgan fingerprint density at radius 3 is 2.55 bits per heavy atom. The van der Waals surface area contributed by atoms with Gasteiger partial charge in [-0.2, -0.15) is 15.0 Å². The zero-order chi connectivity index (χ0) is 21.3. The maximum Gasteiger partial charge on any atom is 0.238 e. The normalized spacial score (nSPS) is 13.0. The monoisotopic (exact) mass is 436 g/mol. The van der Waals surface area contributed by atoms with Crippen LogP contribution in [0.2, 0.25) is 0 Å². The summed E-state index contributed by atoms with van der Waals surface area (Å²) in [6.07, 6.45) is 0.897. The number of hydrogen-bond acceptors (Lipinski definition) is 9. The van der Waals surface area contributed by atoms with Gasteiger partial charge in [-0.3, -0.25) is 0 Å². The minimum atomic E-state index is -3.80. The number of imidazole rings is 1. The molecule has 2 heterocycles. The second kappa shape index (κ2) is 8.13. The maximum absolute atomic E-state index is 11.7. The minimum Gasteiger partial charge on any atom is -0.368 e. The fourth-order valence-electron chi connectivity index (χ4n) is 2.78. The first-order valence-electron chi connectivity index (χ1n) is 8.98. The van der Waals surface area contributed by atoms with Crippen LogP contribution < -0.4 is 15.8 Å². The number of nitrogens with zero attached hydrogens (tertiary/aromatic N) is 6. The van der Waals surface area contributed by atoms with Crippen LogP contribution in [0.5, 0.6) is 0 Å². The van der Waals surface area contributed by atoms with E-state index >= 15 is 0 Å². The van der Waals surface area contributed by atoms with Gasteiger partial charge < -0.3 is 15.2 Å². The van der Waals surface area contributed by atoms with Crippen LogP contribution in [0.3, 0.4) is 0 Å². The van der Waals surface area contributed by atoms with E-state index in [1.165, 1.54) is 23.9 Å². The molecule has 0 aliphatic rings. The number of aromatic nitrogens is 5. The number of thioether (sulfide) groups is 1. The smallest absolute Gasteiger partial charge is 0.238 e. The lowest BCUT2D eigenvalue weighted by Crippen LogP contribution is -2.16. The highest BCUT2D eigenvalue weighted by Crippen LogP contribution is 2.35. The van der Waals surface area contributed by atoms with E-state index in [4.69, 9.17) is 10.9 Å². The van der Waals surface area contributed by atoms with Crippen molar-refractivity contribution in [3.8, 4) is 0 Å². The van der Waals surface area contributed by atoms with Crippen LogP contribution in [0.1, 0.15) is 31.3 Å². The standard InChI is InChI=1S/C17H24N8O2S2/c1-5-8-25-13-7-6-11(29(19,26)27)9-12(13)20-17(25)28-10(2)14-21-15(18)23-16(22-14)24(3)4/h6-7,9-10H,5,8H2,1-4H3,(H2,19,26,27)(H2,18,21,22,23). The lowest BCUT2D eigenvalue weighted by atomic mass is 10.3. The molecule has 2 aromatic heterocycles. The largest absolute Gasteiger partial charge is 0.368 e. The Kier molecular flexibility index (Phi) is 5.96. The Balaban J connectivity index is 2.01. The van der Waals surface area contributed by atoms with Crippen LogP contribution in [-0.4, -0.2) is 47.0 Å². The maximum atomic E-state index is 11.7. The highest BCUT2D eigenvalue weighted by molar-refractivity contribution is 7.99. The summed E-state index contributed by atoms with van der Waals surface area (Å²) in [6.45, 7) is 4.77. The van der Waals surface area contributed by atoms with Crippen molar-refractivity contribution in [2.45, 2.75) is 42.1 Å². The summed E-state index contributed by atoms with van der Waals surface area (Å²) in [5.74, 6) is 1.19. The first kappa shape index (κ1) is 21.3. The van der Waals surface area contributed by atoms with E-state index in [0.717, 1.165) is 23.6 Å². The van der Waals surface area contributed by atoms with Crippen molar-refractivity contribution in [3.05, 3.63) is 24.0 Å². The molecule has 0 aliphatic carbocycles. The van der Waals surface area contributed by atoms with Crippen LogP contribution in [-0.2, 0) is 16.6 Å². The molecule has 0 aliphatic heterocycles. The third-order valence-corrected chi connectivity index (χ3v) is 6.16. The van der Waals surface area contributed by atoms with E-state index in [-0.39, 0.29) is 16.1 Å². The van der Waals surface area contributed by atoms with Crippen molar-refractivity contribution in [1.82, 2.24) is 24.5 Å². The second-order valence-corrected chi connectivity index (χ2v) is 9.62. The van der Waals surface area contributed by atoms with Gasteiger partial charge in [-0.05, 0) is 31.5 Å². The summed E-state index contributed by atoms with van der Waals surface area (Å²) in [4.78, 5) is 19.3. The van der Waals surface area contributed by atoms with Crippen molar-refractivity contribution in [1.29, 1.82) is 0 Å². The quantitative estimate of drug-likeness (QED) is 0.529. The van der Waals surface area contributed by atoms with E-state index in [1.54, 1.807) is 11.0 Å². The Hall–Kier alpha value is -2.44. The molecule has 0 saturated carbocycles. The van der Waals surface area contributed by atoms with Crippen LogP contribution in [0.4, 0.5) is 11.9 Å².